The maximum absolute atomic E-state index is 10.7. The lowest BCUT2D eigenvalue weighted by Gasteiger charge is -2.18. The van der Waals surface area contributed by atoms with Crippen LogP contribution in [0.15, 0.2) is 0 Å². The largest absolute Gasteiger partial charge is 0.368 e. The average Bonchev–Trinajstić information content (AvgIpc) is 2.69. The Bertz CT molecular complexity index is 163. The molecule has 3 nitrogen and oxygen atoms in total. The molecule has 11 heavy (non-hydrogen) atoms. The average molecular weight is 156 g/mol. The lowest BCUT2D eigenvalue weighted by Crippen LogP contribution is -2.45. The molecule has 1 atom stereocenters. The molecule has 1 fully saturated rings. The van der Waals surface area contributed by atoms with Gasteiger partial charge in [0.25, 0.3) is 0 Å². The maximum Gasteiger partial charge on any atom is 0.234 e. The summed E-state index contributed by atoms with van der Waals surface area (Å²) in [5.74, 6) is -0.260. The van der Waals surface area contributed by atoms with Crippen LogP contribution in [0.25, 0.3) is 0 Å². The van der Waals surface area contributed by atoms with Crippen molar-refractivity contribution in [2.45, 2.75) is 44.7 Å². The Morgan fingerprint density at radius 1 is 1.73 bits per heavy atom. The van der Waals surface area contributed by atoms with Crippen molar-refractivity contribution < 1.29 is 4.79 Å². The first-order valence-corrected chi connectivity index (χ1v) is 4.17. The molecule has 1 aliphatic rings. The van der Waals surface area contributed by atoms with E-state index in [2.05, 4.69) is 12.2 Å². The fraction of sp³-hybridized carbons (Fsp3) is 0.875. The number of hydrogen-bond acceptors (Lipinski definition) is 2. The van der Waals surface area contributed by atoms with Gasteiger partial charge in [-0.2, -0.15) is 0 Å². The number of nitrogens with two attached hydrogens (primary N) is 1. The molecule has 0 heterocycles. The van der Waals surface area contributed by atoms with E-state index >= 15 is 0 Å². The van der Waals surface area contributed by atoms with E-state index in [1.807, 2.05) is 6.92 Å². The predicted molar refractivity (Wildman–Crippen MR) is 44.0 cm³/mol. The Labute approximate surface area is 67.3 Å². The van der Waals surface area contributed by atoms with Crippen molar-refractivity contribution in [3.05, 3.63) is 0 Å². The highest BCUT2D eigenvalue weighted by Crippen LogP contribution is 2.38. The van der Waals surface area contributed by atoms with Crippen molar-refractivity contribution in [1.82, 2.24) is 5.32 Å². The highest BCUT2D eigenvalue weighted by atomic mass is 16.1. The number of rotatable bonds is 4. The van der Waals surface area contributed by atoms with Gasteiger partial charge in [-0.05, 0) is 26.2 Å². The fourth-order valence-corrected chi connectivity index (χ4v) is 1.28. The summed E-state index contributed by atoms with van der Waals surface area (Å²) in [5, 5.41) is 3.24. The zero-order chi connectivity index (χ0) is 8.48. The third-order valence-electron chi connectivity index (χ3n) is 2.48. The summed E-state index contributed by atoms with van der Waals surface area (Å²) < 4.78 is 0. The topological polar surface area (TPSA) is 55.1 Å². The van der Waals surface area contributed by atoms with Gasteiger partial charge in [0, 0.05) is 5.54 Å². The Morgan fingerprint density at radius 3 is 2.55 bits per heavy atom. The molecule has 0 radical (unpaired) electrons. The summed E-state index contributed by atoms with van der Waals surface area (Å²) in [6.45, 7) is 3.95. The molecule has 1 amide bonds. The van der Waals surface area contributed by atoms with E-state index in [-0.39, 0.29) is 17.5 Å². The molecule has 0 spiro atoms. The minimum atomic E-state index is -0.260. The van der Waals surface area contributed by atoms with Gasteiger partial charge in [0.2, 0.25) is 5.91 Å². The van der Waals surface area contributed by atoms with Gasteiger partial charge in [0.1, 0.15) is 0 Å². The van der Waals surface area contributed by atoms with E-state index in [1.54, 1.807) is 0 Å². The van der Waals surface area contributed by atoms with Crippen LogP contribution in [0.4, 0.5) is 0 Å². The smallest absolute Gasteiger partial charge is 0.234 e. The highest BCUT2D eigenvalue weighted by molar-refractivity contribution is 5.79. The minimum absolute atomic E-state index is 0.183. The summed E-state index contributed by atoms with van der Waals surface area (Å²) in [6.07, 6.45) is 3.45. The van der Waals surface area contributed by atoms with E-state index < -0.39 is 0 Å². The maximum atomic E-state index is 10.7. The van der Waals surface area contributed by atoms with Gasteiger partial charge in [0.05, 0.1) is 6.04 Å². The molecule has 0 aromatic carbocycles. The molecule has 1 saturated carbocycles. The van der Waals surface area contributed by atoms with Crippen molar-refractivity contribution in [3.63, 3.8) is 0 Å². The number of carbonyl (C=O) groups is 1. The van der Waals surface area contributed by atoms with Crippen LogP contribution in [-0.4, -0.2) is 17.5 Å². The quantitative estimate of drug-likeness (QED) is 0.618. The third kappa shape index (κ3) is 1.93. The standard InChI is InChI=1S/C8H16N2O/c1-3-8(4-5-8)10-6(2)7(9)11/h6,10H,3-5H2,1-2H3,(H2,9,11). The first kappa shape index (κ1) is 8.53. The molecule has 1 unspecified atom stereocenters. The molecule has 0 aromatic heterocycles. The van der Waals surface area contributed by atoms with Gasteiger partial charge < -0.3 is 11.1 Å². The second-order valence-electron chi connectivity index (χ2n) is 3.40. The number of primary amides is 1. The zero-order valence-electron chi connectivity index (χ0n) is 7.18. The van der Waals surface area contributed by atoms with Crippen molar-refractivity contribution in [2.75, 3.05) is 0 Å². The van der Waals surface area contributed by atoms with Crippen molar-refractivity contribution in [1.29, 1.82) is 0 Å². The summed E-state index contributed by atoms with van der Waals surface area (Å²) >= 11 is 0. The summed E-state index contributed by atoms with van der Waals surface area (Å²) in [7, 11) is 0. The number of carbonyl (C=O) groups excluding carboxylic acids is 1. The van der Waals surface area contributed by atoms with Crippen LogP contribution in [0.2, 0.25) is 0 Å². The SMILES string of the molecule is CCC1(NC(C)C(N)=O)CC1. The number of hydrogen-bond donors (Lipinski definition) is 2. The van der Waals surface area contributed by atoms with Gasteiger partial charge in [-0.1, -0.05) is 6.92 Å². The van der Waals surface area contributed by atoms with Crippen LogP contribution in [0.3, 0.4) is 0 Å². The third-order valence-corrected chi connectivity index (χ3v) is 2.48. The lowest BCUT2D eigenvalue weighted by atomic mass is 10.1. The second-order valence-corrected chi connectivity index (χ2v) is 3.40. The van der Waals surface area contributed by atoms with Gasteiger partial charge in [0.15, 0.2) is 0 Å². The van der Waals surface area contributed by atoms with Crippen LogP contribution in [0, 0.1) is 0 Å². The molecule has 1 aliphatic carbocycles. The van der Waals surface area contributed by atoms with E-state index in [1.165, 1.54) is 12.8 Å². The lowest BCUT2D eigenvalue weighted by molar-refractivity contribution is -0.119. The molecule has 64 valence electrons. The molecule has 0 aliphatic heterocycles. The van der Waals surface area contributed by atoms with Crippen LogP contribution < -0.4 is 11.1 Å². The Hall–Kier alpha value is -0.570. The molecule has 3 heteroatoms. The summed E-state index contributed by atoms with van der Waals surface area (Å²) in [4.78, 5) is 10.7. The Kier molecular flexibility index (Phi) is 2.18. The van der Waals surface area contributed by atoms with Crippen molar-refractivity contribution in [2.24, 2.45) is 5.73 Å². The second kappa shape index (κ2) is 2.81. The van der Waals surface area contributed by atoms with Crippen LogP contribution in [0.1, 0.15) is 33.1 Å². The minimum Gasteiger partial charge on any atom is -0.368 e. The monoisotopic (exact) mass is 156 g/mol. The Balaban J connectivity index is 2.35. The van der Waals surface area contributed by atoms with Gasteiger partial charge in [-0.3, -0.25) is 4.79 Å². The van der Waals surface area contributed by atoms with Crippen LogP contribution >= 0.6 is 0 Å². The van der Waals surface area contributed by atoms with E-state index in [0.29, 0.717) is 0 Å². The van der Waals surface area contributed by atoms with E-state index in [0.717, 1.165) is 6.42 Å². The van der Waals surface area contributed by atoms with Gasteiger partial charge >= 0.3 is 0 Å². The van der Waals surface area contributed by atoms with Gasteiger partial charge in [-0.25, -0.2) is 0 Å². The molecular weight excluding hydrogens is 140 g/mol. The predicted octanol–water partition coefficient (Wildman–Crippen LogP) is 0.392. The van der Waals surface area contributed by atoms with Crippen molar-refractivity contribution in [3.8, 4) is 0 Å². The normalized spacial score (nSPS) is 22.7. The molecule has 3 N–H and O–H groups in total. The summed E-state index contributed by atoms with van der Waals surface area (Å²) in [6, 6.07) is -0.183. The number of nitrogens with one attached hydrogen (secondary N) is 1. The Morgan fingerprint density at radius 2 is 2.27 bits per heavy atom. The van der Waals surface area contributed by atoms with Gasteiger partial charge in [-0.15, -0.1) is 0 Å². The highest BCUT2D eigenvalue weighted by Gasteiger charge is 2.41. The van der Waals surface area contributed by atoms with Crippen LogP contribution in [-0.2, 0) is 4.79 Å². The molecule has 1 rings (SSSR count). The van der Waals surface area contributed by atoms with Crippen molar-refractivity contribution >= 4 is 5.91 Å². The summed E-state index contributed by atoms with van der Waals surface area (Å²) in [5.41, 5.74) is 5.37. The van der Waals surface area contributed by atoms with E-state index in [9.17, 15) is 4.79 Å². The fourth-order valence-electron chi connectivity index (χ4n) is 1.28. The first-order chi connectivity index (χ1) is 5.09. The first-order valence-electron chi connectivity index (χ1n) is 4.17. The molecule has 0 bridgehead atoms. The zero-order valence-corrected chi connectivity index (χ0v) is 7.18. The molecular formula is C8H16N2O. The number of amides is 1. The van der Waals surface area contributed by atoms with Crippen LogP contribution in [0.5, 0.6) is 0 Å². The molecule has 0 aromatic rings. The van der Waals surface area contributed by atoms with E-state index in [4.69, 9.17) is 5.73 Å². The molecule has 0 saturated heterocycles.